The van der Waals surface area contributed by atoms with Crippen LogP contribution in [0.5, 0.6) is 0 Å². The Balaban J connectivity index is 0.00000420. The molecule has 0 saturated heterocycles. The van der Waals surface area contributed by atoms with Crippen molar-refractivity contribution in [3.05, 3.63) is 33.8 Å². The molecule has 0 radical (unpaired) electrons. The Labute approximate surface area is 286 Å². The van der Waals surface area contributed by atoms with Crippen LogP contribution in [-0.4, -0.2) is 75.8 Å². The number of aromatic nitrogens is 3. The third-order valence-electron chi connectivity index (χ3n) is 4.94. The van der Waals surface area contributed by atoms with Crippen molar-refractivity contribution in [3.8, 4) is 0 Å². The molecular formula is C18H14Cl2N8Na2O9S2. The zero-order valence-corrected chi connectivity index (χ0v) is 28.6. The third-order valence-corrected chi connectivity index (χ3v) is 7.03. The number of rotatable bonds is 8. The number of likely N-dealkylation sites (N-methyl/N-ethyl adjacent to an activating group) is 1. The molecule has 41 heavy (non-hydrogen) atoms. The van der Waals surface area contributed by atoms with Gasteiger partial charge in [-0.15, -0.1) is 0 Å². The number of nitrogens with zero attached hydrogens (tertiary/aromatic N) is 5. The maximum absolute atomic E-state index is 12.8. The number of hydrazone groups is 1. The van der Waals surface area contributed by atoms with Crippen molar-refractivity contribution < 1.29 is 99.4 Å². The summed E-state index contributed by atoms with van der Waals surface area (Å²) in [7, 11) is -10.9. The average molecular weight is 667 g/mol. The Kier molecular flexibility index (Phi) is 12.9. The molecule has 208 valence electrons. The standard InChI is InChI=1S/C18H16Cl2N8O9S2.2Na/c1-3-28-14(30)11(13(21)29)6(2)12(15(28)31)27-26-8-4-7(22-18-24-16(19)23-17(20)25-18)9(38(32,33)34)5-10(8)39(35,36)37;;/h4-5,26H,3H2,1-2H3,(H2,21,29)(H,32,33,34)(H,35,36,37)(H,22,23,24,25);;/q;2*+1/p-2/b27-12-;;. The molecule has 0 aliphatic carbocycles. The van der Waals surface area contributed by atoms with Crippen LogP contribution >= 0.6 is 23.2 Å². The van der Waals surface area contributed by atoms with E-state index in [1.807, 2.05) is 0 Å². The number of benzene rings is 1. The zero-order chi connectivity index (χ0) is 29.4. The summed E-state index contributed by atoms with van der Waals surface area (Å²) in [5.41, 5.74) is 4.56. The van der Waals surface area contributed by atoms with Gasteiger partial charge in [-0.25, -0.2) is 16.8 Å². The molecule has 1 aromatic carbocycles. The number of carbonyl (C=O) groups excluding carboxylic acids is 3. The molecule has 1 aromatic heterocycles. The first kappa shape index (κ1) is 37.3. The summed E-state index contributed by atoms with van der Waals surface area (Å²) in [6.07, 6.45) is 0. The molecule has 1 aliphatic heterocycles. The molecule has 3 amide bonds. The summed E-state index contributed by atoms with van der Waals surface area (Å²) in [6.45, 7) is 2.40. The van der Waals surface area contributed by atoms with E-state index in [9.17, 15) is 40.3 Å². The molecular weight excluding hydrogens is 653 g/mol. The van der Waals surface area contributed by atoms with E-state index < -0.39 is 86.9 Å². The third kappa shape index (κ3) is 8.42. The van der Waals surface area contributed by atoms with Crippen molar-refractivity contribution in [2.45, 2.75) is 23.6 Å². The Morgan fingerprint density at radius 2 is 1.49 bits per heavy atom. The molecule has 2 heterocycles. The molecule has 23 heteroatoms. The van der Waals surface area contributed by atoms with Gasteiger partial charge in [-0.1, -0.05) is 0 Å². The second-order valence-corrected chi connectivity index (χ2v) is 10.7. The number of hydrogen-bond donors (Lipinski definition) is 3. The fourth-order valence-electron chi connectivity index (χ4n) is 3.28. The summed E-state index contributed by atoms with van der Waals surface area (Å²) < 4.78 is 71.4. The second-order valence-electron chi connectivity index (χ2n) is 7.37. The molecule has 1 aliphatic rings. The van der Waals surface area contributed by atoms with Crippen molar-refractivity contribution in [3.63, 3.8) is 0 Å². The van der Waals surface area contributed by atoms with Crippen LogP contribution in [0, 0.1) is 0 Å². The quantitative estimate of drug-likeness (QED) is 0.0777. The number of amides is 3. The van der Waals surface area contributed by atoms with E-state index in [0.29, 0.717) is 11.0 Å². The van der Waals surface area contributed by atoms with Gasteiger partial charge in [0.25, 0.3) is 17.7 Å². The Morgan fingerprint density at radius 3 is 1.95 bits per heavy atom. The summed E-state index contributed by atoms with van der Waals surface area (Å²) in [4.78, 5) is 46.0. The first-order valence-corrected chi connectivity index (χ1v) is 13.7. The molecule has 0 fully saturated rings. The average Bonchev–Trinajstić information content (AvgIpc) is 2.76. The molecule has 2 aromatic rings. The van der Waals surface area contributed by atoms with Crippen LogP contribution in [0.1, 0.15) is 13.8 Å². The first-order valence-electron chi connectivity index (χ1n) is 10.1. The Morgan fingerprint density at radius 1 is 0.976 bits per heavy atom. The van der Waals surface area contributed by atoms with E-state index in [4.69, 9.17) is 28.9 Å². The van der Waals surface area contributed by atoms with Crippen molar-refractivity contribution in [2.75, 3.05) is 17.3 Å². The summed E-state index contributed by atoms with van der Waals surface area (Å²) in [5.74, 6) is -3.65. The predicted molar refractivity (Wildman–Crippen MR) is 131 cm³/mol. The van der Waals surface area contributed by atoms with Crippen LogP contribution in [-0.2, 0) is 34.6 Å². The summed E-state index contributed by atoms with van der Waals surface area (Å²) >= 11 is 11.4. The molecule has 0 atom stereocenters. The number of primary amides is 1. The predicted octanol–water partition coefficient (Wildman–Crippen LogP) is -6.30. The topological polar surface area (TPSA) is 270 Å². The second kappa shape index (κ2) is 14.1. The van der Waals surface area contributed by atoms with Gasteiger partial charge in [0.2, 0.25) is 16.5 Å². The number of nitrogens with one attached hydrogen (secondary N) is 2. The molecule has 0 bridgehead atoms. The molecule has 0 unspecified atom stereocenters. The Hall–Kier alpha value is -1.75. The van der Waals surface area contributed by atoms with Crippen molar-refractivity contribution in [2.24, 2.45) is 10.8 Å². The van der Waals surface area contributed by atoms with Gasteiger partial charge < -0.3 is 20.2 Å². The van der Waals surface area contributed by atoms with Crippen molar-refractivity contribution in [1.82, 2.24) is 19.9 Å². The molecule has 0 spiro atoms. The smallest absolute Gasteiger partial charge is 0.744 e. The van der Waals surface area contributed by atoms with Gasteiger partial charge >= 0.3 is 59.1 Å². The fraction of sp³-hybridized carbons (Fsp3) is 0.167. The van der Waals surface area contributed by atoms with Gasteiger partial charge in [0.05, 0.1) is 21.2 Å². The summed E-state index contributed by atoms with van der Waals surface area (Å²) in [6, 6.07) is 0.900. The fourth-order valence-corrected chi connectivity index (χ4v) is 5.00. The normalized spacial score (nSPS) is 14.9. The number of halogens is 2. The van der Waals surface area contributed by atoms with Crippen LogP contribution < -0.4 is 75.6 Å². The molecule has 3 rings (SSSR count). The SMILES string of the molecule is CCN1C(=O)C(C(N)=O)=C(C)/C(=N/Nc2cc(Nc3nc(Cl)nc(Cl)n3)c(S(=O)(=O)[O-])cc2S(=O)(=O)[O-])C1=O.[Na+].[Na+]. The van der Waals surface area contributed by atoms with Crippen LogP contribution in [0.3, 0.4) is 0 Å². The zero-order valence-electron chi connectivity index (χ0n) is 21.4. The van der Waals surface area contributed by atoms with Crippen molar-refractivity contribution >= 4 is 84.2 Å². The minimum absolute atomic E-state index is 0. The number of imide groups is 1. The number of carbonyl (C=O) groups is 3. The van der Waals surface area contributed by atoms with Crippen LogP contribution in [0.15, 0.2) is 38.2 Å². The van der Waals surface area contributed by atoms with Crippen LogP contribution in [0.4, 0.5) is 17.3 Å². The molecule has 17 nitrogen and oxygen atoms in total. The van der Waals surface area contributed by atoms with Gasteiger partial charge in [0, 0.05) is 12.1 Å². The van der Waals surface area contributed by atoms with E-state index in [-0.39, 0.29) is 77.3 Å². The van der Waals surface area contributed by atoms with Gasteiger partial charge in [-0.05, 0) is 49.2 Å². The minimum Gasteiger partial charge on any atom is -0.744 e. The number of nitrogens with two attached hydrogens (primary N) is 1. The monoisotopic (exact) mass is 666 g/mol. The van der Waals surface area contributed by atoms with E-state index in [0.717, 1.165) is 0 Å². The van der Waals surface area contributed by atoms with Gasteiger partial charge in [0.15, 0.2) is 5.71 Å². The Bertz CT molecular complexity index is 1700. The van der Waals surface area contributed by atoms with Gasteiger partial charge in [0.1, 0.15) is 25.8 Å². The van der Waals surface area contributed by atoms with E-state index in [1.54, 1.807) is 0 Å². The summed E-state index contributed by atoms with van der Waals surface area (Å²) in [5, 5.41) is 5.15. The molecule has 0 saturated carbocycles. The maximum Gasteiger partial charge on any atom is 1.00 e. The first-order chi connectivity index (χ1) is 17.9. The van der Waals surface area contributed by atoms with Crippen LogP contribution in [0.25, 0.3) is 0 Å². The molecule has 4 N–H and O–H groups in total. The number of anilines is 3. The van der Waals surface area contributed by atoms with Gasteiger partial charge in [-0.3, -0.25) is 24.7 Å². The number of hydrogen-bond acceptors (Lipinski definition) is 15. The maximum atomic E-state index is 12.8. The van der Waals surface area contributed by atoms with Gasteiger partial charge in [-0.2, -0.15) is 20.1 Å². The van der Waals surface area contributed by atoms with E-state index in [2.05, 4.69) is 30.8 Å². The van der Waals surface area contributed by atoms with E-state index >= 15 is 0 Å². The largest absolute Gasteiger partial charge is 1.00 e. The van der Waals surface area contributed by atoms with E-state index in [1.165, 1.54) is 13.8 Å². The van der Waals surface area contributed by atoms with Crippen molar-refractivity contribution in [1.29, 1.82) is 0 Å². The minimum atomic E-state index is -5.48. The van der Waals surface area contributed by atoms with Crippen LogP contribution in [0.2, 0.25) is 10.6 Å².